The van der Waals surface area contributed by atoms with Gasteiger partial charge in [0.2, 0.25) is 0 Å². The van der Waals surface area contributed by atoms with Gasteiger partial charge < -0.3 is 19.6 Å². The summed E-state index contributed by atoms with van der Waals surface area (Å²) in [5, 5.41) is 7.37. The number of amides is 1. The average molecular weight is 397 g/mol. The molecule has 1 N–H and O–H groups in total. The number of rotatable bonds is 8. The SMILES string of the molecule is CCCC(CCC)C1=NO[C@H]2[C@@H]1[C@H](NC(=O)OC(C)(C)C)C[C@@H]2C(=O)OCC. The number of nitrogens with one attached hydrogen (secondary N) is 1. The molecule has 4 atom stereocenters. The van der Waals surface area contributed by atoms with E-state index in [1.54, 1.807) is 6.92 Å². The maximum absolute atomic E-state index is 12.5. The summed E-state index contributed by atoms with van der Waals surface area (Å²) < 4.78 is 10.7. The summed E-state index contributed by atoms with van der Waals surface area (Å²) in [5.41, 5.74) is 0.389. The highest BCUT2D eigenvalue weighted by atomic mass is 16.6. The highest BCUT2D eigenvalue weighted by molar-refractivity contribution is 5.93. The summed E-state index contributed by atoms with van der Waals surface area (Å²) in [4.78, 5) is 30.6. The third-order valence-electron chi connectivity index (χ3n) is 5.30. The molecule has 7 nitrogen and oxygen atoms in total. The maximum atomic E-state index is 12.5. The molecule has 1 aliphatic carbocycles. The number of nitrogens with zero attached hydrogens (tertiary/aromatic N) is 1. The van der Waals surface area contributed by atoms with Crippen molar-refractivity contribution in [3.05, 3.63) is 0 Å². The van der Waals surface area contributed by atoms with Crippen molar-refractivity contribution in [1.82, 2.24) is 5.32 Å². The molecule has 0 bridgehead atoms. The Morgan fingerprint density at radius 2 is 1.86 bits per heavy atom. The number of esters is 1. The molecule has 0 aromatic rings. The van der Waals surface area contributed by atoms with Gasteiger partial charge in [0.05, 0.1) is 24.2 Å². The first-order valence-corrected chi connectivity index (χ1v) is 10.6. The van der Waals surface area contributed by atoms with Crippen LogP contribution in [0.5, 0.6) is 0 Å². The quantitative estimate of drug-likeness (QED) is 0.626. The van der Waals surface area contributed by atoms with E-state index in [9.17, 15) is 9.59 Å². The maximum Gasteiger partial charge on any atom is 0.407 e. The molecular formula is C21H36N2O5. The van der Waals surface area contributed by atoms with Crippen molar-refractivity contribution < 1.29 is 23.9 Å². The van der Waals surface area contributed by atoms with Crippen LogP contribution in [0.15, 0.2) is 5.16 Å². The Labute approximate surface area is 168 Å². The molecule has 0 aromatic heterocycles. The largest absolute Gasteiger partial charge is 0.466 e. The molecule has 160 valence electrons. The highest BCUT2D eigenvalue weighted by Crippen LogP contribution is 2.42. The minimum Gasteiger partial charge on any atom is -0.466 e. The van der Waals surface area contributed by atoms with E-state index >= 15 is 0 Å². The predicted octanol–water partition coefficient (Wildman–Crippen LogP) is 4.05. The van der Waals surface area contributed by atoms with Crippen molar-refractivity contribution in [2.24, 2.45) is 22.9 Å². The van der Waals surface area contributed by atoms with Crippen LogP contribution < -0.4 is 5.32 Å². The Morgan fingerprint density at radius 1 is 1.21 bits per heavy atom. The van der Waals surface area contributed by atoms with E-state index in [1.165, 1.54) is 0 Å². The van der Waals surface area contributed by atoms with E-state index in [4.69, 9.17) is 14.3 Å². The van der Waals surface area contributed by atoms with Crippen LogP contribution >= 0.6 is 0 Å². The minimum atomic E-state index is -0.585. The van der Waals surface area contributed by atoms with E-state index in [0.29, 0.717) is 18.9 Å². The van der Waals surface area contributed by atoms with Crippen LogP contribution in [0.25, 0.3) is 0 Å². The number of fused-ring (bicyclic) bond motifs is 1. The fraction of sp³-hybridized carbons (Fsp3) is 0.857. The molecule has 28 heavy (non-hydrogen) atoms. The van der Waals surface area contributed by atoms with Crippen molar-refractivity contribution >= 4 is 17.8 Å². The fourth-order valence-corrected chi connectivity index (χ4v) is 4.30. The Hall–Kier alpha value is -1.79. The first-order valence-electron chi connectivity index (χ1n) is 10.6. The van der Waals surface area contributed by atoms with Crippen molar-refractivity contribution in [1.29, 1.82) is 0 Å². The average Bonchev–Trinajstić information content (AvgIpc) is 3.14. The lowest BCUT2D eigenvalue weighted by atomic mass is 9.82. The molecule has 1 aliphatic heterocycles. The van der Waals surface area contributed by atoms with E-state index in [1.807, 2.05) is 20.8 Å². The second kappa shape index (κ2) is 9.61. The van der Waals surface area contributed by atoms with Gasteiger partial charge in [-0.05, 0) is 47.0 Å². The molecule has 0 aromatic carbocycles. The third kappa shape index (κ3) is 5.39. The summed E-state index contributed by atoms with van der Waals surface area (Å²) in [6, 6.07) is -0.258. The molecular weight excluding hydrogens is 360 g/mol. The van der Waals surface area contributed by atoms with Crippen LogP contribution in [-0.4, -0.2) is 42.1 Å². The van der Waals surface area contributed by atoms with Crippen LogP contribution in [0, 0.1) is 17.8 Å². The van der Waals surface area contributed by atoms with Gasteiger partial charge in [-0.1, -0.05) is 31.8 Å². The zero-order chi connectivity index (χ0) is 20.9. The zero-order valence-corrected chi connectivity index (χ0v) is 18.1. The minimum absolute atomic E-state index is 0.120. The molecule has 0 radical (unpaired) electrons. The van der Waals surface area contributed by atoms with Crippen LogP contribution in [0.2, 0.25) is 0 Å². The van der Waals surface area contributed by atoms with Crippen molar-refractivity contribution in [2.45, 2.75) is 91.4 Å². The first kappa shape index (κ1) is 22.5. The Kier molecular flexibility index (Phi) is 7.72. The third-order valence-corrected chi connectivity index (χ3v) is 5.30. The van der Waals surface area contributed by atoms with Gasteiger partial charge >= 0.3 is 12.1 Å². The van der Waals surface area contributed by atoms with Gasteiger partial charge in [-0.15, -0.1) is 0 Å². The van der Waals surface area contributed by atoms with Crippen molar-refractivity contribution in [3.63, 3.8) is 0 Å². The molecule has 7 heteroatoms. The van der Waals surface area contributed by atoms with E-state index in [-0.39, 0.29) is 24.0 Å². The van der Waals surface area contributed by atoms with Gasteiger partial charge in [-0.3, -0.25) is 4.79 Å². The van der Waals surface area contributed by atoms with Gasteiger partial charge in [0, 0.05) is 12.0 Å². The summed E-state index contributed by atoms with van der Waals surface area (Å²) in [7, 11) is 0. The topological polar surface area (TPSA) is 86.2 Å². The number of carbonyl (C=O) groups is 2. The van der Waals surface area contributed by atoms with Crippen molar-refractivity contribution in [3.8, 4) is 0 Å². The van der Waals surface area contributed by atoms with E-state index in [2.05, 4.69) is 24.3 Å². The van der Waals surface area contributed by atoms with Crippen LogP contribution in [-0.2, 0) is 19.1 Å². The lowest BCUT2D eigenvalue weighted by Crippen LogP contribution is -2.45. The molecule has 2 aliphatic rings. The number of oxime groups is 1. The Bertz CT molecular complexity index is 578. The molecule has 0 spiro atoms. The van der Waals surface area contributed by atoms with Gasteiger partial charge in [-0.25, -0.2) is 4.79 Å². The molecule has 1 amide bonds. The lowest BCUT2D eigenvalue weighted by Gasteiger charge is -2.26. The summed E-state index contributed by atoms with van der Waals surface area (Å²) in [5.74, 6) is -0.543. The monoisotopic (exact) mass is 396 g/mol. The summed E-state index contributed by atoms with van der Waals surface area (Å²) in [6.45, 7) is 11.9. The number of hydrogen-bond donors (Lipinski definition) is 1. The molecule has 0 saturated heterocycles. The standard InChI is InChI=1S/C21H36N2O5/c1-7-10-13(11-8-2)17-16-15(22-20(25)27-21(4,5)6)12-14(18(16)28-23-17)19(24)26-9-3/h13-16,18H,7-12H2,1-6H3,(H,22,25)/t14-,15+,16+,18+/m0/s1. The van der Waals surface area contributed by atoms with Crippen molar-refractivity contribution in [2.75, 3.05) is 6.61 Å². The second-order valence-corrected chi connectivity index (χ2v) is 8.73. The lowest BCUT2D eigenvalue weighted by molar-refractivity contribution is -0.152. The smallest absolute Gasteiger partial charge is 0.407 e. The van der Waals surface area contributed by atoms with Gasteiger partial charge in [-0.2, -0.15) is 0 Å². The molecule has 1 fully saturated rings. The Balaban J connectivity index is 2.22. The Morgan fingerprint density at radius 3 is 2.39 bits per heavy atom. The molecule has 1 saturated carbocycles. The van der Waals surface area contributed by atoms with Crippen LogP contribution in [0.1, 0.15) is 73.6 Å². The molecule has 1 heterocycles. The summed E-state index contributed by atoms with van der Waals surface area (Å²) >= 11 is 0. The van der Waals surface area contributed by atoms with Crippen LogP contribution in [0.4, 0.5) is 4.79 Å². The number of carbonyl (C=O) groups excluding carboxylic acids is 2. The number of hydrogen-bond acceptors (Lipinski definition) is 6. The zero-order valence-electron chi connectivity index (χ0n) is 18.1. The normalized spacial score (nSPS) is 26.5. The van der Waals surface area contributed by atoms with Gasteiger partial charge in [0.15, 0.2) is 6.10 Å². The second-order valence-electron chi connectivity index (χ2n) is 8.73. The van der Waals surface area contributed by atoms with E-state index < -0.39 is 17.6 Å². The predicted molar refractivity (Wildman–Crippen MR) is 107 cm³/mol. The van der Waals surface area contributed by atoms with Crippen LogP contribution in [0.3, 0.4) is 0 Å². The summed E-state index contributed by atoms with van der Waals surface area (Å²) in [6.07, 6.45) is 3.74. The van der Waals surface area contributed by atoms with Gasteiger partial charge in [0.25, 0.3) is 0 Å². The molecule has 2 rings (SSSR count). The molecule has 0 unspecified atom stereocenters. The first-order chi connectivity index (χ1) is 13.2. The fourth-order valence-electron chi connectivity index (χ4n) is 4.30. The van der Waals surface area contributed by atoms with E-state index in [0.717, 1.165) is 31.4 Å². The number of ether oxygens (including phenoxy) is 2. The highest BCUT2D eigenvalue weighted by Gasteiger charge is 2.55. The number of alkyl carbamates (subject to hydrolysis) is 1. The van der Waals surface area contributed by atoms with Gasteiger partial charge in [0.1, 0.15) is 5.60 Å².